The van der Waals surface area contributed by atoms with E-state index in [1.54, 1.807) is 0 Å². The van der Waals surface area contributed by atoms with E-state index >= 15 is 0 Å². The minimum absolute atomic E-state index is 0.136. The molecule has 0 unspecified atom stereocenters. The maximum absolute atomic E-state index is 12.1. The molecule has 0 aromatic heterocycles. The highest BCUT2D eigenvalue weighted by Crippen LogP contribution is 2.24. The Morgan fingerprint density at radius 2 is 1.86 bits per heavy atom. The predicted octanol–water partition coefficient (Wildman–Crippen LogP) is 2.79. The number of ether oxygens (including phenoxy) is 2. The Hall–Kier alpha value is -0.810. The molecule has 5 nitrogen and oxygen atoms in total. The molecule has 128 valence electrons. The lowest BCUT2D eigenvalue weighted by Crippen LogP contribution is -2.54. The Balaban J connectivity index is 1.74. The van der Waals surface area contributed by atoms with Crippen LogP contribution in [0.15, 0.2) is 0 Å². The second-order valence-corrected chi connectivity index (χ2v) is 7.96. The number of nitrogens with one attached hydrogen (secondary N) is 1. The summed E-state index contributed by atoms with van der Waals surface area (Å²) in [6.07, 6.45) is 4.10. The third-order valence-corrected chi connectivity index (χ3v) is 4.68. The van der Waals surface area contributed by atoms with Crippen molar-refractivity contribution in [2.24, 2.45) is 5.92 Å². The van der Waals surface area contributed by atoms with E-state index in [2.05, 4.69) is 12.2 Å². The SMILES string of the molecule is CC1(NCC2CCOCC2)CCN(C(=O)OC(C)(C)C)CC1. The maximum atomic E-state index is 12.1. The molecule has 2 heterocycles. The molecule has 2 fully saturated rings. The van der Waals surface area contributed by atoms with Gasteiger partial charge in [0.25, 0.3) is 0 Å². The average Bonchev–Trinajstić information content (AvgIpc) is 2.45. The van der Waals surface area contributed by atoms with Crippen LogP contribution in [-0.2, 0) is 9.47 Å². The van der Waals surface area contributed by atoms with Gasteiger partial charge in [-0.15, -0.1) is 0 Å². The van der Waals surface area contributed by atoms with Crippen molar-refractivity contribution in [2.75, 3.05) is 32.8 Å². The first-order chi connectivity index (χ1) is 10.3. The standard InChI is InChI=1S/C17H32N2O3/c1-16(2,3)22-15(20)19-9-7-17(4,8-10-19)18-13-14-5-11-21-12-6-14/h14,18H,5-13H2,1-4H3. The summed E-state index contributed by atoms with van der Waals surface area (Å²) in [6, 6.07) is 0. The minimum atomic E-state index is -0.418. The van der Waals surface area contributed by atoms with Crippen molar-refractivity contribution < 1.29 is 14.3 Å². The quantitative estimate of drug-likeness (QED) is 0.870. The fraction of sp³-hybridized carbons (Fsp3) is 0.941. The summed E-state index contributed by atoms with van der Waals surface area (Å²) in [5.74, 6) is 0.731. The number of hydrogen-bond donors (Lipinski definition) is 1. The first-order valence-corrected chi connectivity index (χ1v) is 8.58. The van der Waals surface area contributed by atoms with Gasteiger partial charge in [-0.2, -0.15) is 0 Å². The van der Waals surface area contributed by atoms with Gasteiger partial charge in [0, 0.05) is 31.8 Å². The van der Waals surface area contributed by atoms with E-state index in [-0.39, 0.29) is 11.6 Å². The number of likely N-dealkylation sites (tertiary alicyclic amines) is 1. The van der Waals surface area contributed by atoms with Crippen molar-refractivity contribution in [1.82, 2.24) is 10.2 Å². The molecule has 2 aliphatic heterocycles. The smallest absolute Gasteiger partial charge is 0.410 e. The molecule has 2 saturated heterocycles. The van der Waals surface area contributed by atoms with E-state index < -0.39 is 5.60 Å². The number of amides is 1. The van der Waals surface area contributed by atoms with Crippen molar-refractivity contribution >= 4 is 6.09 Å². The fourth-order valence-corrected chi connectivity index (χ4v) is 3.03. The summed E-state index contributed by atoms with van der Waals surface area (Å²) in [6.45, 7) is 12.4. The molecular weight excluding hydrogens is 280 g/mol. The van der Waals surface area contributed by atoms with Crippen molar-refractivity contribution in [3.05, 3.63) is 0 Å². The summed E-state index contributed by atoms with van der Waals surface area (Å²) in [5.41, 5.74) is -0.282. The van der Waals surface area contributed by atoms with Gasteiger partial charge >= 0.3 is 6.09 Å². The Kier molecular flexibility index (Phi) is 5.72. The molecule has 5 heteroatoms. The first kappa shape index (κ1) is 17.5. The van der Waals surface area contributed by atoms with Crippen LogP contribution in [0.1, 0.15) is 53.4 Å². The molecule has 22 heavy (non-hydrogen) atoms. The predicted molar refractivity (Wildman–Crippen MR) is 87.0 cm³/mol. The Labute approximate surface area is 134 Å². The molecule has 0 spiro atoms. The van der Waals surface area contributed by atoms with Crippen LogP contribution in [0.4, 0.5) is 4.79 Å². The molecule has 2 rings (SSSR count). The maximum Gasteiger partial charge on any atom is 0.410 e. The van der Waals surface area contributed by atoms with Gasteiger partial charge in [-0.05, 0) is 65.8 Å². The Morgan fingerprint density at radius 3 is 2.41 bits per heavy atom. The Bertz CT molecular complexity index is 365. The average molecular weight is 312 g/mol. The van der Waals surface area contributed by atoms with Crippen LogP contribution in [-0.4, -0.2) is 55.0 Å². The summed E-state index contributed by atoms with van der Waals surface area (Å²) in [7, 11) is 0. The first-order valence-electron chi connectivity index (χ1n) is 8.58. The van der Waals surface area contributed by atoms with Gasteiger partial charge in [-0.25, -0.2) is 4.79 Å². The van der Waals surface area contributed by atoms with Crippen LogP contribution in [0.25, 0.3) is 0 Å². The van der Waals surface area contributed by atoms with Gasteiger partial charge in [0.1, 0.15) is 5.60 Å². The summed E-state index contributed by atoms with van der Waals surface area (Å²) in [4.78, 5) is 13.9. The van der Waals surface area contributed by atoms with Gasteiger partial charge in [0.05, 0.1) is 0 Å². The number of hydrogen-bond acceptors (Lipinski definition) is 4. The van der Waals surface area contributed by atoms with Crippen molar-refractivity contribution in [2.45, 2.75) is 64.5 Å². The lowest BCUT2D eigenvalue weighted by atomic mass is 9.88. The fourth-order valence-electron chi connectivity index (χ4n) is 3.03. The lowest BCUT2D eigenvalue weighted by molar-refractivity contribution is 0.0147. The molecular formula is C17H32N2O3. The normalized spacial score (nSPS) is 23.4. The molecule has 0 atom stereocenters. The van der Waals surface area contributed by atoms with Gasteiger partial charge < -0.3 is 19.7 Å². The molecule has 1 N–H and O–H groups in total. The second kappa shape index (κ2) is 7.18. The highest BCUT2D eigenvalue weighted by atomic mass is 16.6. The van der Waals surface area contributed by atoms with Crippen LogP contribution in [0.2, 0.25) is 0 Å². The van der Waals surface area contributed by atoms with E-state index in [0.717, 1.165) is 64.4 Å². The zero-order valence-corrected chi connectivity index (χ0v) is 14.6. The zero-order chi connectivity index (χ0) is 16.2. The van der Waals surface area contributed by atoms with Crippen molar-refractivity contribution in [3.8, 4) is 0 Å². The summed E-state index contributed by atoms with van der Waals surface area (Å²) < 4.78 is 10.9. The molecule has 0 aromatic rings. The van der Waals surface area contributed by atoms with E-state index in [9.17, 15) is 4.79 Å². The van der Waals surface area contributed by atoms with Gasteiger partial charge in [0.15, 0.2) is 0 Å². The van der Waals surface area contributed by atoms with Crippen LogP contribution in [0.3, 0.4) is 0 Å². The van der Waals surface area contributed by atoms with Crippen LogP contribution in [0.5, 0.6) is 0 Å². The second-order valence-electron chi connectivity index (χ2n) is 7.96. The molecule has 1 amide bonds. The molecule has 0 aromatic carbocycles. The molecule has 0 saturated carbocycles. The molecule has 2 aliphatic rings. The third kappa shape index (κ3) is 5.43. The number of carbonyl (C=O) groups is 1. The lowest BCUT2D eigenvalue weighted by Gasteiger charge is -2.41. The van der Waals surface area contributed by atoms with E-state index in [1.165, 1.54) is 0 Å². The topological polar surface area (TPSA) is 50.8 Å². The molecule has 0 radical (unpaired) electrons. The van der Waals surface area contributed by atoms with Crippen molar-refractivity contribution in [3.63, 3.8) is 0 Å². The molecule has 0 aliphatic carbocycles. The Morgan fingerprint density at radius 1 is 1.27 bits per heavy atom. The number of nitrogens with zero attached hydrogens (tertiary/aromatic N) is 1. The van der Waals surface area contributed by atoms with E-state index in [4.69, 9.17) is 9.47 Å². The number of rotatable bonds is 3. The van der Waals surface area contributed by atoms with Crippen LogP contribution < -0.4 is 5.32 Å². The third-order valence-electron chi connectivity index (χ3n) is 4.68. The van der Waals surface area contributed by atoms with E-state index in [1.807, 2.05) is 25.7 Å². The van der Waals surface area contributed by atoms with Crippen LogP contribution >= 0.6 is 0 Å². The highest BCUT2D eigenvalue weighted by molar-refractivity contribution is 5.68. The minimum Gasteiger partial charge on any atom is -0.444 e. The molecule has 0 bridgehead atoms. The largest absolute Gasteiger partial charge is 0.444 e. The number of piperidine rings is 1. The zero-order valence-electron chi connectivity index (χ0n) is 14.6. The van der Waals surface area contributed by atoms with E-state index in [0.29, 0.717) is 0 Å². The number of carbonyl (C=O) groups excluding carboxylic acids is 1. The van der Waals surface area contributed by atoms with Gasteiger partial charge in [0.2, 0.25) is 0 Å². The summed E-state index contributed by atoms with van der Waals surface area (Å²) >= 11 is 0. The summed E-state index contributed by atoms with van der Waals surface area (Å²) in [5, 5.41) is 3.74. The van der Waals surface area contributed by atoms with Crippen molar-refractivity contribution in [1.29, 1.82) is 0 Å². The highest BCUT2D eigenvalue weighted by Gasteiger charge is 2.33. The monoisotopic (exact) mass is 312 g/mol. The van der Waals surface area contributed by atoms with Gasteiger partial charge in [-0.3, -0.25) is 0 Å². The van der Waals surface area contributed by atoms with Gasteiger partial charge in [-0.1, -0.05) is 0 Å². The van der Waals surface area contributed by atoms with Crippen LogP contribution in [0, 0.1) is 5.92 Å².